The van der Waals surface area contributed by atoms with Gasteiger partial charge in [-0.1, -0.05) is 0 Å². The fraction of sp³-hybridized carbons (Fsp3) is 0.316. The average molecular weight is 394 g/mol. The second-order valence-corrected chi connectivity index (χ2v) is 6.35. The van der Waals surface area contributed by atoms with E-state index >= 15 is 0 Å². The molecule has 4 rings (SSSR count). The number of methoxy groups -OCH3 is 2. The third-order valence-electron chi connectivity index (χ3n) is 4.64. The van der Waals surface area contributed by atoms with Crippen molar-refractivity contribution < 1.29 is 9.47 Å². The van der Waals surface area contributed by atoms with E-state index in [9.17, 15) is 0 Å². The first-order chi connectivity index (χ1) is 14.3. The van der Waals surface area contributed by atoms with E-state index in [0.717, 1.165) is 37.9 Å². The standard InChI is InChI=1S/C19H22N8O2/c1-28-14-4-5-16(29-2)15(12-14)23-18-24-17(13-22-25-18)26-8-10-27(11-9-26)19-20-6-3-7-21-19/h3-7,12-13H,8-11H2,1-2H3,(H,23,24,25). The molecule has 10 nitrogen and oxygen atoms in total. The maximum absolute atomic E-state index is 5.40. The average Bonchev–Trinajstić information content (AvgIpc) is 2.80. The number of nitrogens with one attached hydrogen (secondary N) is 1. The predicted molar refractivity (Wildman–Crippen MR) is 109 cm³/mol. The molecule has 0 atom stereocenters. The normalized spacial score (nSPS) is 13.9. The Morgan fingerprint density at radius 2 is 1.72 bits per heavy atom. The van der Waals surface area contributed by atoms with Gasteiger partial charge in [-0.2, -0.15) is 10.1 Å². The molecular formula is C19H22N8O2. The molecule has 0 amide bonds. The van der Waals surface area contributed by atoms with Gasteiger partial charge in [0.1, 0.15) is 11.5 Å². The SMILES string of the molecule is COc1ccc(OC)c(Nc2nncc(N3CCN(c4ncccn4)CC3)n2)c1. The minimum atomic E-state index is 0.392. The molecule has 1 aliphatic heterocycles. The zero-order valence-electron chi connectivity index (χ0n) is 16.3. The highest BCUT2D eigenvalue weighted by molar-refractivity contribution is 5.65. The van der Waals surface area contributed by atoms with Crippen LogP contribution in [-0.2, 0) is 0 Å². The van der Waals surface area contributed by atoms with Crippen LogP contribution in [0, 0.1) is 0 Å². The quantitative estimate of drug-likeness (QED) is 0.665. The minimum Gasteiger partial charge on any atom is -0.497 e. The first-order valence-electron chi connectivity index (χ1n) is 9.22. The molecule has 10 heteroatoms. The monoisotopic (exact) mass is 394 g/mol. The Hall–Kier alpha value is -3.69. The van der Waals surface area contributed by atoms with E-state index in [0.29, 0.717) is 23.1 Å². The highest BCUT2D eigenvalue weighted by Crippen LogP contribution is 2.30. The largest absolute Gasteiger partial charge is 0.497 e. The Bertz CT molecular complexity index is 948. The number of ether oxygens (including phenoxy) is 2. The molecule has 2 aromatic heterocycles. The van der Waals surface area contributed by atoms with E-state index in [1.165, 1.54) is 0 Å². The lowest BCUT2D eigenvalue weighted by molar-refractivity contribution is 0.405. The lowest BCUT2D eigenvalue weighted by Gasteiger charge is -2.35. The fourth-order valence-corrected chi connectivity index (χ4v) is 3.12. The van der Waals surface area contributed by atoms with Gasteiger partial charge in [0.2, 0.25) is 11.9 Å². The van der Waals surface area contributed by atoms with Gasteiger partial charge in [0.05, 0.1) is 26.1 Å². The molecule has 0 saturated carbocycles. The second kappa shape index (κ2) is 8.55. The molecule has 3 heterocycles. The van der Waals surface area contributed by atoms with Crippen LogP contribution in [0.5, 0.6) is 11.5 Å². The summed E-state index contributed by atoms with van der Waals surface area (Å²) in [6, 6.07) is 7.30. The van der Waals surface area contributed by atoms with Crippen LogP contribution in [0.3, 0.4) is 0 Å². The molecular weight excluding hydrogens is 372 g/mol. The molecule has 1 aromatic carbocycles. The van der Waals surface area contributed by atoms with Gasteiger partial charge in [-0.3, -0.25) is 0 Å². The molecule has 0 spiro atoms. The molecule has 0 radical (unpaired) electrons. The van der Waals surface area contributed by atoms with E-state index in [1.807, 2.05) is 24.3 Å². The molecule has 0 unspecified atom stereocenters. The van der Waals surface area contributed by atoms with Crippen molar-refractivity contribution in [2.45, 2.75) is 0 Å². The fourth-order valence-electron chi connectivity index (χ4n) is 3.12. The van der Waals surface area contributed by atoms with E-state index in [-0.39, 0.29) is 0 Å². The minimum absolute atomic E-state index is 0.392. The molecule has 1 aliphatic rings. The van der Waals surface area contributed by atoms with Gasteiger partial charge in [-0.05, 0) is 18.2 Å². The number of hydrogen-bond donors (Lipinski definition) is 1. The summed E-state index contributed by atoms with van der Waals surface area (Å²) in [6.45, 7) is 3.19. The van der Waals surface area contributed by atoms with E-state index in [1.54, 1.807) is 32.8 Å². The van der Waals surface area contributed by atoms with Crippen LogP contribution in [0.4, 0.5) is 23.4 Å². The molecule has 0 aliphatic carbocycles. The van der Waals surface area contributed by atoms with Crippen molar-refractivity contribution in [1.82, 2.24) is 25.1 Å². The Morgan fingerprint density at radius 3 is 2.45 bits per heavy atom. The highest BCUT2D eigenvalue weighted by Gasteiger charge is 2.20. The maximum Gasteiger partial charge on any atom is 0.249 e. The van der Waals surface area contributed by atoms with Crippen molar-refractivity contribution in [2.75, 3.05) is 55.5 Å². The van der Waals surface area contributed by atoms with Gasteiger partial charge >= 0.3 is 0 Å². The topological polar surface area (TPSA) is 101 Å². The number of aromatic nitrogens is 5. The third-order valence-corrected chi connectivity index (χ3v) is 4.64. The van der Waals surface area contributed by atoms with Gasteiger partial charge in [0.15, 0.2) is 5.82 Å². The summed E-state index contributed by atoms with van der Waals surface area (Å²) < 4.78 is 10.7. The van der Waals surface area contributed by atoms with Crippen LogP contribution in [0.1, 0.15) is 0 Å². The van der Waals surface area contributed by atoms with Crippen molar-refractivity contribution in [3.8, 4) is 11.5 Å². The maximum atomic E-state index is 5.40. The van der Waals surface area contributed by atoms with Crippen molar-refractivity contribution in [1.29, 1.82) is 0 Å². The Kier molecular flexibility index (Phi) is 5.50. The van der Waals surface area contributed by atoms with Crippen LogP contribution in [-0.4, -0.2) is 65.5 Å². The Balaban J connectivity index is 1.46. The Morgan fingerprint density at radius 1 is 0.966 bits per heavy atom. The first-order valence-corrected chi connectivity index (χ1v) is 9.22. The molecule has 3 aromatic rings. The third kappa shape index (κ3) is 4.26. The molecule has 1 N–H and O–H groups in total. The van der Waals surface area contributed by atoms with E-state index in [2.05, 4.69) is 40.3 Å². The van der Waals surface area contributed by atoms with Crippen LogP contribution >= 0.6 is 0 Å². The van der Waals surface area contributed by atoms with Crippen LogP contribution in [0.25, 0.3) is 0 Å². The molecule has 1 saturated heterocycles. The zero-order chi connectivity index (χ0) is 20.1. The summed E-state index contributed by atoms with van der Waals surface area (Å²) in [6.07, 6.45) is 5.18. The van der Waals surface area contributed by atoms with Gasteiger partial charge in [0.25, 0.3) is 0 Å². The second-order valence-electron chi connectivity index (χ2n) is 6.35. The van der Waals surface area contributed by atoms with Crippen LogP contribution < -0.4 is 24.6 Å². The summed E-state index contributed by atoms with van der Waals surface area (Å²) in [5.74, 6) is 3.27. The van der Waals surface area contributed by atoms with Crippen molar-refractivity contribution in [2.24, 2.45) is 0 Å². The molecule has 29 heavy (non-hydrogen) atoms. The van der Waals surface area contributed by atoms with Gasteiger partial charge in [0, 0.05) is 44.6 Å². The summed E-state index contributed by atoms with van der Waals surface area (Å²) >= 11 is 0. The predicted octanol–water partition coefficient (Wildman–Crippen LogP) is 1.75. The van der Waals surface area contributed by atoms with Crippen LogP contribution in [0.15, 0.2) is 42.9 Å². The number of anilines is 4. The lowest BCUT2D eigenvalue weighted by Crippen LogP contribution is -2.47. The van der Waals surface area contributed by atoms with Crippen molar-refractivity contribution >= 4 is 23.4 Å². The number of rotatable bonds is 6. The zero-order valence-corrected chi connectivity index (χ0v) is 16.3. The summed E-state index contributed by atoms with van der Waals surface area (Å²) in [5, 5.41) is 11.4. The molecule has 0 bridgehead atoms. The number of nitrogens with zero attached hydrogens (tertiary/aromatic N) is 7. The molecule has 150 valence electrons. The first kappa shape index (κ1) is 18.7. The number of benzene rings is 1. The van der Waals surface area contributed by atoms with Gasteiger partial charge < -0.3 is 24.6 Å². The van der Waals surface area contributed by atoms with E-state index in [4.69, 9.17) is 9.47 Å². The number of hydrogen-bond acceptors (Lipinski definition) is 10. The summed E-state index contributed by atoms with van der Waals surface area (Å²) in [5.41, 5.74) is 0.705. The molecule has 1 fully saturated rings. The van der Waals surface area contributed by atoms with Crippen LogP contribution in [0.2, 0.25) is 0 Å². The Labute approximate surface area is 168 Å². The highest BCUT2D eigenvalue weighted by atomic mass is 16.5. The summed E-state index contributed by atoms with van der Waals surface area (Å²) in [4.78, 5) is 17.6. The lowest BCUT2D eigenvalue weighted by atomic mass is 10.2. The van der Waals surface area contributed by atoms with Crippen molar-refractivity contribution in [3.63, 3.8) is 0 Å². The van der Waals surface area contributed by atoms with Crippen molar-refractivity contribution in [3.05, 3.63) is 42.9 Å². The number of piperazine rings is 1. The van der Waals surface area contributed by atoms with Gasteiger partial charge in [-0.15, -0.1) is 5.10 Å². The smallest absolute Gasteiger partial charge is 0.249 e. The summed E-state index contributed by atoms with van der Waals surface area (Å²) in [7, 11) is 3.23. The van der Waals surface area contributed by atoms with Gasteiger partial charge in [-0.25, -0.2) is 9.97 Å². The van der Waals surface area contributed by atoms with E-state index < -0.39 is 0 Å².